The average molecular weight is 307 g/mol. The fourth-order valence-electron chi connectivity index (χ4n) is 3.27. The third-order valence-corrected chi connectivity index (χ3v) is 5.40. The van der Waals surface area contributed by atoms with Gasteiger partial charge in [0.05, 0.1) is 6.61 Å². The van der Waals surface area contributed by atoms with Crippen LogP contribution in [0.2, 0.25) is 0 Å². The van der Waals surface area contributed by atoms with Crippen molar-refractivity contribution in [2.75, 3.05) is 12.4 Å². The number of benzene rings is 1. The molecule has 0 aromatic heterocycles. The Bertz CT molecular complexity index is 439. The highest BCUT2D eigenvalue weighted by molar-refractivity contribution is 7.80. The second kappa shape index (κ2) is 7.09. The molecule has 0 bridgehead atoms. The van der Waals surface area contributed by atoms with Gasteiger partial charge in [0.25, 0.3) is 0 Å². The summed E-state index contributed by atoms with van der Waals surface area (Å²) < 4.78 is 6.30. The van der Waals surface area contributed by atoms with Gasteiger partial charge in [-0.25, -0.2) is 0 Å². The first-order valence-corrected chi connectivity index (χ1v) is 8.93. The zero-order chi connectivity index (χ0) is 15.3. The minimum Gasteiger partial charge on any atom is -0.493 e. The Balaban J connectivity index is 2.11. The molecule has 1 aliphatic rings. The van der Waals surface area contributed by atoms with Gasteiger partial charge in [0.1, 0.15) is 5.75 Å². The van der Waals surface area contributed by atoms with Crippen LogP contribution in [0.1, 0.15) is 64.9 Å². The fourth-order valence-corrected chi connectivity index (χ4v) is 3.68. The van der Waals surface area contributed by atoms with E-state index in [1.165, 1.54) is 44.1 Å². The van der Waals surface area contributed by atoms with Crippen LogP contribution in [0.5, 0.6) is 5.75 Å². The molecule has 1 nitrogen and oxygen atoms in total. The first-order valence-electron chi connectivity index (χ1n) is 8.30. The molecule has 0 heterocycles. The molecular formula is C19H30OS. The summed E-state index contributed by atoms with van der Waals surface area (Å²) in [5.74, 6) is 1.99. The van der Waals surface area contributed by atoms with Gasteiger partial charge >= 0.3 is 0 Å². The van der Waals surface area contributed by atoms with Gasteiger partial charge in [-0.2, -0.15) is 12.6 Å². The van der Waals surface area contributed by atoms with Crippen LogP contribution in [0.15, 0.2) is 24.3 Å². The van der Waals surface area contributed by atoms with Crippen LogP contribution >= 0.6 is 12.6 Å². The van der Waals surface area contributed by atoms with E-state index in [0.717, 1.165) is 18.1 Å². The van der Waals surface area contributed by atoms with E-state index >= 15 is 0 Å². The van der Waals surface area contributed by atoms with Gasteiger partial charge in [-0.15, -0.1) is 0 Å². The van der Waals surface area contributed by atoms with E-state index in [-0.39, 0.29) is 10.8 Å². The summed E-state index contributed by atoms with van der Waals surface area (Å²) in [5.41, 5.74) is 1.69. The van der Waals surface area contributed by atoms with Crippen molar-refractivity contribution in [1.82, 2.24) is 0 Å². The van der Waals surface area contributed by atoms with Crippen molar-refractivity contribution in [3.05, 3.63) is 29.8 Å². The van der Waals surface area contributed by atoms with Crippen LogP contribution in [0.4, 0.5) is 0 Å². The molecule has 118 valence electrons. The molecule has 1 fully saturated rings. The van der Waals surface area contributed by atoms with Crippen LogP contribution in [0.25, 0.3) is 0 Å². The molecule has 1 aromatic carbocycles. The molecule has 0 amide bonds. The summed E-state index contributed by atoms with van der Waals surface area (Å²) in [7, 11) is 0. The molecular weight excluding hydrogens is 276 g/mol. The van der Waals surface area contributed by atoms with Crippen molar-refractivity contribution in [2.24, 2.45) is 5.41 Å². The predicted octanol–water partition coefficient (Wildman–Crippen LogP) is 5.63. The molecule has 0 unspecified atom stereocenters. The Labute approximate surface area is 135 Å². The number of hydrogen-bond donors (Lipinski definition) is 1. The Morgan fingerprint density at radius 3 is 2.24 bits per heavy atom. The van der Waals surface area contributed by atoms with E-state index in [1.54, 1.807) is 0 Å². The third kappa shape index (κ3) is 4.42. The van der Waals surface area contributed by atoms with Crippen LogP contribution in [-0.4, -0.2) is 12.4 Å². The topological polar surface area (TPSA) is 9.23 Å². The van der Waals surface area contributed by atoms with E-state index in [2.05, 4.69) is 57.7 Å². The van der Waals surface area contributed by atoms with Crippen molar-refractivity contribution in [3.63, 3.8) is 0 Å². The Kier molecular flexibility index (Phi) is 5.65. The molecule has 2 rings (SSSR count). The van der Waals surface area contributed by atoms with E-state index in [0.29, 0.717) is 0 Å². The Hall–Kier alpha value is -0.630. The largest absolute Gasteiger partial charge is 0.493 e. The number of hydrogen-bond acceptors (Lipinski definition) is 2. The minimum atomic E-state index is 0.119. The fraction of sp³-hybridized carbons (Fsp3) is 0.684. The van der Waals surface area contributed by atoms with Gasteiger partial charge in [0, 0.05) is 5.41 Å². The second-order valence-corrected chi connectivity index (χ2v) is 7.92. The monoisotopic (exact) mass is 306 g/mol. The van der Waals surface area contributed by atoms with Crippen molar-refractivity contribution in [2.45, 2.75) is 64.7 Å². The van der Waals surface area contributed by atoms with Crippen molar-refractivity contribution < 1.29 is 4.74 Å². The van der Waals surface area contributed by atoms with Crippen LogP contribution in [0.3, 0.4) is 0 Å². The van der Waals surface area contributed by atoms with Crippen LogP contribution in [0, 0.1) is 5.41 Å². The molecule has 0 radical (unpaired) electrons. The van der Waals surface area contributed by atoms with Crippen molar-refractivity contribution >= 4 is 12.6 Å². The lowest BCUT2D eigenvalue weighted by molar-refractivity contribution is 0.146. The van der Waals surface area contributed by atoms with E-state index in [9.17, 15) is 0 Å². The smallest absolute Gasteiger partial charge is 0.123 e. The number of para-hydroxylation sites is 1. The minimum absolute atomic E-state index is 0.119. The molecule has 0 spiro atoms. The summed E-state index contributed by atoms with van der Waals surface area (Å²) in [6.07, 6.45) is 7.90. The maximum atomic E-state index is 6.30. The van der Waals surface area contributed by atoms with Gasteiger partial charge in [-0.1, -0.05) is 64.7 Å². The highest BCUT2D eigenvalue weighted by Crippen LogP contribution is 2.38. The van der Waals surface area contributed by atoms with Crippen LogP contribution in [-0.2, 0) is 5.41 Å². The van der Waals surface area contributed by atoms with Gasteiger partial charge in [0.2, 0.25) is 0 Å². The van der Waals surface area contributed by atoms with Crippen molar-refractivity contribution in [3.8, 4) is 5.75 Å². The number of ether oxygens (including phenoxy) is 1. The quantitative estimate of drug-likeness (QED) is 0.560. The van der Waals surface area contributed by atoms with E-state index in [4.69, 9.17) is 4.74 Å². The normalized spacial score (nSPS) is 19.0. The lowest BCUT2D eigenvalue weighted by Crippen LogP contribution is -2.30. The maximum absolute atomic E-state index is 6.30. The molecule has 1 aliphatic carbocycles. The molecule has 21 heavy (non-hydrogen) atoms. The molecule has 0 N–H and O–H groups in total. The number of rotatable bonds is 4. The molecule has 0 atom stereocenters. The highest BCUT2D eigenvalue weighted by Gasteiger charge is 2.31. The van der Waals surface area contributed by atoms with Gasteiger partial charge in [0.15, 0.2) is 0 Å². The lowest BCUT2D eigenvalue weighted by Gasteiger charge is -2.32. The maximum Gasteiger partial charge on any atom is 0.123 e. The lowest BCUT2D eigenvalue weighted by atomic mass is 9.83. The summed E-state index contributed by atoms with van der Waals surface area (Å²) in [6.45, 7) is 7.54. The SMILES string of the molecule is CC(C)(C)c1ccccc1OCC1(CS)CCCCCC1. The summed E-state index contributed by atoms with van der Waals surface area (Å²) in [6, 6.07) is 8.48. The molecule has 0 aliphatic heterocycles. The second-order valence-electron chi connectivity index (χ2n) is 7.61. The molecule has 1 saturated carbocycles. The molecule has 1 aromatic rings. The van der Waals surface area contributed by atoms with Crippen LogP contribution < -0.4 is 4.74 Å². The first kappa shape index (κ1) is 16.7. The summed E-state index contributed by atoms with van der Waals surface area (Å²) in [4.78, 5) is 0. The Morgan fingerprint density at radius 1 is 1.05 bits per heavy atom. The zero-order valence-corrected chi connectivity index (χ0v) is 14.7. The predicted molar refractivity (Wildman–Crippen MR) is 94.6 cm³/mol. The zero-order valence-electron chi connectivity index (χ0n) is 13.8. The van der Waals surface area contributed by atoms with E-state index in [1.807, 2.05) is 0 Å². The molecule has 0 saturated heterocycles. The third-order valence-electron chi connectivity index (χ3n) is 4.73. The first-order chi connectivity index (χ1) is 9.97. The summed E-state index contributed by atoms with van der Waals surface area (Å²) in [5, 5.41) is 0. The molecule has 2 heteroatoms. The number of thiol groups is 1. The average Bonchev–Trinajstić information content (AvgIpc) is 2.71. The van der Waals surface area contributed by atoms with E-state index < -0.39 is 0 Å². The standard InChI is InChI=1S/C19H30OS/c1-18(2,3)16-10-6-7-11-17(16)20-14-19(15-21)12-8-4-5-9-13-19/h6-7,10-11,21H,4-5,8-9,12-15H2,1-3H3. The highest BCUT2D eigenvalue weighted by atomic mass is 32.1. The summed E-state index contributed by atoms with van der Waals surface area (Å²) >= 11 is 4.65. The van der Waals surface area contributed by atoms with Gasteiger partial charge < -0.3 is 4.74 Å². The van der Waals surface area contributed by atoms with Crippen molar-refractivity contribution in [1.29, 1.82) is 0 Å². The Morgan fingerprint density at radius 2 is 1.67 bits per heavy atom. The van der Waals surface area contributed by atoms with Gasteiger partial charge in [-0.3, -0.25) is 0 Å². The van der Waals surface area contributed by atoms with Gasteiger partial charge in [-0.05, 0) is 35.6 Å².